The minimum absolute atomic E-state index is 0.204. The summed E-state index contributed by atoms with van der Waals surface area (Å²) < 4.78 is 28.1. The van der Waals surface area contributed by atoms with E-state index in [2.05, 4.69) is 15.5 Å². The number of anilines is 1. The zero-order valence-corrected chi connectivity index (χ0v) is 13.9. The maximum atomic E-state index is 14.0. The van der Waals surface area contributed by atoms with Gasteiger partial charge in [-0.15, -0.1) is 10.2 Å². The van der Waals surface area contributed by atoms with Crippen molar-refractivity contribution in [3.63, 3.8) is 0 Å². The molecule has 130 valence electrons. The predicted molar refractivity (Wildman–Crippen MR) is 94.4 cm³/mol. The van der Waals surface area contributed by atoms with E-state index in [1.807, 2.05) is 6.07 Å². The van der Waals surface area contributed by atoms with E-state index in [4.69, 9.17) is 5.26 Å². The van der Waals surface area contributed by atoms with Gasteiger partial charge < -0.3 is 5.32 Å². The third-order valence-electron chi connectivity index (χ3n) is 3.98. The zero-order chi connectivity index (χ0) is 18.4. The molecular weight excluding hydrogens is 334 g/mol. The maximum Gasteiger partial charge on any atom is 0.163 e. The molecule has 1 N–H and O–H groups in total. The van der Waals surface area contributed by atoms with Crippen molar-refractivity contribution < 1.29 is 8.78 Å². The van der Waals surface area contributed by atoms with Crippen molar-refractivity contribution in [1.82, 2.24) is 10.2 Å². The van der Waals surface area contributed by atoms with E-state index in [-0.39, 0.29) is 23.4 Å². The fourth-order valence-corrected chi connectivity index (χ4v) is 2.71. The van der Waals surface area contributed by atoms with Crippen LogP contribution in [0.1, 0.15) is 16.8 Å². The molecule has 0 saturated carbocycles. The number of nitriles is 1. The molecule has 1 aromatic heterocycles. The minimum atomic E-state index is -0.307. The van der Waals surface area contributed by atoms with Gasteiger partial charge in [-0.25, -0.2) is 8.78 Å². The van der Waals surface area contributed by atoms with Crippen molar-refractivity contribution in [2.75, 3.05) is 5.32 Å². The summed E-state index contributed by atoms with van der Waals surface area (Å²) in [4.78, 5) is 0. The summed E-state index contributed by atoms with van der Waals surface area (Å²) in [6, 6.07) is 17.8. The molecule has 0 amide bonds. The van der Waals surface area contributed by atoms with Crippen molar-refractivity contribution in [3.05, 3.63) is 89.1 Å². The number of aromatic nitrogens is 2. The van der Waals surface area contributed by atoms with Crippen LogP contribution in [0.15, 0.2) is 60.7 Å². The zero-order valence-electron chi connectivity index (χ0n) is 13.9. The fourth-order valence-electron chi connectivity index (χ4n) is 2.71. The monoisotopic (exact) mass is 350 g/mol. The Morgan fingerprint density at radius 2 is 1.42 bits per heavy atom. The summed E-state index contributed by atoms with van der Waals surface area (Å²) in [6.07, 6.45) is 0.700. The Morgan fingerprint density at radius 1 is 0.846 bits per heavy atom. The van der Waals surface area contributed by atoms with Crippen LogP contribution in [0.2, 0.25) is 0 Å². The van der Waals surface area contributed by atoms with Gasteiger partial charge in [0.1, 0.15) is 23.5 Å². The van der Waals surface area contributed by atoms with Crippen LogP contribution in [0, 0.1) is 23.0 Å². The van der Waals surface area contributed by atoms with Gasteiger partial charge in [0.25, 0.3) is 0 Å². The van der Waals surface area contributed by atoms with Crippen molar-refractivity contribution in [2.24, 2.45) is 0 Å². The molecule has 0 fully saturated rings. The average molecular weight is 350 g/mol. The fraction of sp³-hybridized carbons (Fsp3) is 0.150. The highest BCUT2D eigenvalue weighted by Gasteiger charge is 2.16. The van der Waals surface area contributed by atoms with Gasteiger partial charge in [0, 0.05) is 6.04 Å². The van der Waals surface area contributed by atoms with E-state index in [0.29, 0.717) is 29.8 Å². The number of nitrogens with one attached hydrogen (secondary N) is 1. The quantitative estimate of drug-likeness (QED) is 0.733. The molecule has 0 bridgehead atoms. The second-order valence-electron chi connectivity index (χ2n) is 5.85. The molecule has 0 radical (unpaired) electrons. The summed E-state index contributed by atoms with van der Waals surface area (Å²) in [5.74, 6) is -0.167. The van der Waals surface area contributed by atoms with Crippen molar-refractivity contribution in [3.8, 4) is 6.07 Å². The molecule has 0 saturated heterocycles. The average Bonchev–Trinajstić information content (AvgIpc) is 2.66. The number of rotatable bonds is 6. The van der Waals surface area contributed by atoms with Gasteiger partial charge in [-0.3, -0.25) is 0 Å². The molecule has 6 heteroatoms. The number of hydrogen-bond acceptors (Lipinski definition) is 4. The van der Waals surface area contributed by atoms with Crippen LogP contribution in [0.5, 0.6) is 0 Å². The molecule has 0 atom stereocenters. The molecule has 0 spiro atoms. The van der Waals surface area contributed by atoms with E-state index in [1.54, 1.807) is 48.5 Å². The lowest BCUT2D eigenvalue weighted by Gasteiger charge is -2.20. The van der Waals surface area contributed by atoms with Crippen molar-refractivity contribution in [1.29, 1.82) is 5.26 Å². The molecule has 26 heavy (non-hydrogen) atoms. The third kappa shape index (κ3) is 4.39. The number of hydrogen-bond donors (Lipinski definition) is 1. The Labute approximate surface area is 150 Å². The van der Waals surface area contributed by atoms with Crippen LogP contribution >= 0.6 is 0 Å². The second kappa shape index (κ2) is 8.17. The first-order chi connectivity index (χ1) is 12.7. The normalized spacial score (nSPS) is 10.5. The Balaban J connectivity index is 1.84. The lowest BCUT2D eigenvalue weighted by Crippen LogP contribution is -2.26. The summed E-state index contributed by atoms with van der Waals surface area (Å²) in [5, 5.41) is 19.7. The Morgan fingerprint density at radius 3 is 1.88 bits per heavy atom. The first kappa shape index (κ1) is 17.5. The molecule has 4 nitrogen and oxygen atoms in total. The number of nitrogens with zero attached hydrogens (tertiary/aromatic N) is 3. The Bertz CT molecular complexity index is 872. The highest BCUT2D eigenvalue weighted by molar-refractivity contribution is 5.38. The molecule has 0 unspecified atom stereocenters. The SMILES string of the molecule is N#Cc1ccc(NC(Cc2ccccc2F)Cc2ccccc2F)nn1. The van der Waals surface area contributed by atoms with Crippen LogP contribution < -0.4 is 5.32 Å². The second-order valence-corrected chi connectivity index (χ2v) is 5.85. The first-order valence-corrected chi connectivity index (χ1v) is 8.13. The lowest BCUT2D eigenvalue weighted by molar-refractivity contribution is 0.576. The van der Waals surface area contributed by atoms with Gasteiger partial charge in [-0.2, -0.15) is 5.26 Å². The molecule has 0 aliphatic heterocycles. The van der Waals surface area contributed by atoms with Gasteiger partial charge in [0.15, 0.2) is 5.69 Å². The van der Waals surface area contributed by atoms with Gasteiger partial charge in [-0.05, 0) is 48.2 Å². The highest BCUT2D eigenvalue weighted by Crippen LogP contribution is 2.17. The minimum Gasteiger partial charge on any atom is -0.365 e. The first-order valence-electron chi connectivity index (χ1n) is 8.13. The van der Waals surface area contributed by atoms with E-state index >= 15 is 0 Å². The van der Waals surface area contributed by atoms with Crippen LogP contribution in [0.3, 0.4) is 0 Å². The van der Waals surface area contributed by atoms with Crippen LogP contribution in [-0.2, 0) is 12.8 Å². The maximum absolute atomic E-state index is 14.0. The third-order valence-corrected chi connectivity index (χ3v) is 3.98. The topological polar surface area (TPSA) is 61.6 Å². The van der Waals surface area contributed by atoms with Gasteiger partial charge >= 0.3 is 0 Å². The number of benzene rings is 2. The Kier molecular flexibility index (Phi) is 5.49. The summed E-state index contributed by atoms with van der Waals surface area (Å²) >= 11 is 0. The largest absolute Gasteiger partial charge is 0.365 e. The number of halogens is 2. The lowest BCUT2D eigenvalue weighted by atomic mass is 9.98. The van der Waals surface area contributed by atoms with Gasteiger partial charge in [-0.1, -0.05) is 36.4 Å². The summed E-state index contributed by atoms with van der Waals surface area (Å²) in [7, 11) is 0. The standard InChI is InChI=1S/C20H16F2N4/c21-18-7-3-1-5-14(18)11-17(12-15-6-2-4-8-19(15)22)24-20-10-9-16(13-23)25-26-20/h1-10,17H,11-12H2,(H,24,26). The molecule has 3 aromatic rings. The van der Waals surface area contributed by atoms with E-state index < -0.39 is 0 Å². The molecule has 2 aromatic carbocycles. The van der Waals surface area contributed by atoms with E-state index in [1.165, 1.54) is 12.1 Å². The van der Waals surface area contributed by atoms with Gasteiger partial charge in [0.2, 0.25) is 0 Å². The van der Waals surface area contributed by atoms with Crippen LogP contribution in [-0.4, -0.2) is 16.2 Å². The van der Waals surface area contributed by atoms with E-state index in [9.17, 15) is 8.78 Å². The molecule has 3 rings (SSSR count). The molecular formula is C20H16F2N4. The summed E-state index contributed by atoms with van der Waals surface area (Å²) in [6.45, 7) is 0. The Hall–Kier alpha value is -3.33. The smallest absolute Gasteiger partial charge is 0.163 e. The predicted octanol–water partition coefficient (Wildman–Crippen LogP) is 3.89. The van der Waals surface area contributed by atoms with Crippen molar-refractivity contribution in [2.45, 2.75) is 18.9 Å². The molecule has 0 aliphatic carbocycles. The van der Waals surface area contributed by atoms with Crippen molar-refractivity contribution >= 4 is 5.82 Å². The van der Waals surface area contributed by atoms with Gasteiger partial charge in [0.05, 0.1) is 0 Å². The highest BCUT2D eigenvalue weighted by atomic mass is 19.1. The van der Waals surface area contributed by atoms with E-state index in [0.717, 1.165) is 0 Å². The summed E-state index contributed by atoms with van der Waals surface area (Å²) in [5.41, 5.74) is 1.26. The van der Waals surface area contributed by atoms with Crippen LogP contribution in [0.25, 0.3) is 0 Å². The molecule has 0 aliphatic rings. The molecule has 1 heterocycles. The van der Waals surface area contributed by atoms with Crippen LogP contribution in [0.4, 0.5) is 14.6 Å².